The zero-order chi connectivity index (χ0) is 18.2. The molecule has 0 atom stereocenters. The minimum atomic E-state index is -0.394. The number of nitrogens with one attached hydrogen (secondary N) is 1. The summed E-state index contributed by atoms with van der Waals surface area (Å²) >= 11 is 0. The normalized spacial score (nSPS) is 10.5. The SMILES string of the molecule is COCc1cc(C)nc(N/N=C\c2ccc(C(=O)OC)cc2)c1C#N. The number of esters is 1. The first kappa shape index (κ1) is 18.1. The molecule has 1 aromatic heterocycles. The maximum Gasteiger partial charge on any atom is 0.337 e. The number of aromatic nitrogens is 1. The number of hydrogen-bond donors (Lipinski definition) is 1. The lowest BCUT2D eigenvalue weighted by molar-refractivity contribution is 0.0600. The van der Waals surface area contributed by atoms with Gasteiger partial charge in [0, 0.05) is 18.4 Å². The third-order valence-corrected chi connectivity index (χ3v) is 3.36. The second-order valence-electron chi connectivity index (χ2n) is 5.17. The van der Waals surface area contributed by atoms with E-state index in [0.717, 1.165) is 16.8 Å². The van der Waals surface area contributed by atoms with Gasteiger partial charge in [0.05, 0.1) is 25.5 Å². The van der Waals surface area contributed by atoms with E-state index in [2.05, 4.69) is 26.3 Å². The summed E-state index contributed by atoms with van der Waals surface area (Å²) < 4.78 is 9.76. The Kier molecular flexibility index (Phi) is 6.20. The van der Waals surface area contributed by atoms with Crippen LogP contribution in [-0.2, 0) is 16.1 Å². The Morgan fingerprint density at radius 3 is 2.68 bits per heavy atom. The van der Waals surface area contributed by atoms with E-state index in [4.69, 9.17) is 4.74 Å². The van der Waals surface area contributed by atoms with Gasteiger partial charge in [-0.05, 0) is 30.7 Å². The van der Waals surface area contributed by atoms with Gasteiger partial charge in [-0.15, -0.1) is 0 Å². The highest BCUT2D eigenvalue weighted by atomic mass is 16.5. The highest BCUT2D eigenvalue weighted by Crippen LogP contribution is 2.19. The van der Waals surface area contributed by atoms with Crippen LogP contribution in [0.2, 0.25) is 0 Å². The van der Waals surface area contributed by atoms with E-state index >= 15 is 0 Å². The zero-order valence-electron chi connectivity index (χ0n) is 14.2. The van der Waals surface area contributed by atoms with Gasteiger partial charge in [-0.25, -0.2) is 9.78 Å². The molecule has 0 saturated heterocycles. The number of rotatable bonds is 6. The van der Waals surface area contributed by atoms with Gasteiger partial charge in [0.15, 0.2) is 5.82 Å². The van der Waals surface area contributed by atoms with Gasteiger partial charge < -0.3 is 9.47 Å². The van der Waals surface area contributed by atoms with Crippen LogP contribution >= 0.6 is 0 Å². The number of hydrogen-bond acceptors (Lipinski definition) is 7. The van der Waals surface area contributed by atoms with Crippen molar-refractivity contribution < 1.29 is 14.3 Å². The molecule has 2 rings (SSSR count). The lowest BCUT2D eigenvalue weighted by Gasteiger charge is -2.09. The topological polar surface area (TPSA) is 96.6 Å². The molecule has 25 heavy (non-hydrogen) atoms. The van der Waals surface area contributed by atoms with Crippen molar-refractivity contribution in [3.8, 4) is 6.07 Å². The summed E-state index contributed by atoms with van der Waals surface area (Å²) in [7, 11) is 2.90. The van der Waals surface area contributed by atoms with E-state index in [-0.39, 0.29) is 0 Å². The van der Waals surface area contributed by atoms with Gasteiger partial charge in [-0.2, -0.15) is 10.4 Å². The molecule has 7 heteroatoms. The van der Waals surface area contributed by atoms with Crippen molar-refractivity contribution in [2.45, 2.75) is 13.5 Å². The number of carbonyl (C=O) groups is 1. The Morgan fingerprint density at radius 1 is 1.36 bits per heavy atom. The molecule has 0 spiro atoms. The van der Waals surface area contributed by atoms with Crippen molar-refractivity contribution in [2.75, 3.05) is 19.6 Å². The summed E-state index contributed by atoms with van der Waals surface area (Å²) in [6.45, 7) is 2.15. The van der Waals surface area contributed by atoms with E-state index in [1.54, 1.807) is 37.6 Å². The lowest BCUT2D eigenvalue weighted by Crippen LogP contribution is -2.03. The first-order valence-electron chi connectivity index (χ1n) is 7.46. The second-order valence-corrected chi connectivity index (χ2v) is 5.17. The third-order valence-electron chi connectivity index (χ3n) is 3.36. The molecule has 7 nitrogen and oxygen atoms in total. The average Bonchev–Trinajstić information content (AvgIpc) is 2.62. The molecular formula is C18H18N4O3. The second kappa shape index (κ2) is 8.57. The zero-order valence-corrected chi connectivity index (χ0v) is 14.2. The summed E-state index contributed by atoms with van der Waals surface area (Å²) in [5.41, 5.74) is 5.93. The van der Waals surface area contributed by atoms with E-state index in [1.165, 1.54) is 7.11 Å². The monoisotopic (exact) mass is 338 g/mol. The molecule has 0 aliphatic rings. The van der Waals surface area contributed by atoms with Crippen molar-refractivity contribution >= 4 is 18.0 Å². The number of benzene rings is 1. The Hall–Kier alpha value is -3.24. The molecule has 0 fully saturated rings. The van der Waals surface area contributed by atoms with E-state index in [0.29, 0.717) is 23.6 Å². The highest BCUT2D eigenvalue weighted by molar-refractivity contribution is 5.90. The Morgan fingerprint density at radius 2 is 2.08 bits per heavy atom. The molecule has 0 radical (unpaired) electrons. The minimum Gasteiger partial charge on any atom is -0.465 e. The van der Waals surface area contributed by atoms with Gasteiger partial charge in [-0.3, -0.25) is 5.43 Å². The number of hydrazone groups is 1. The van der Waals surface area contributed by atoms with Crippen molar-refractivity contribution in [2.24, 2.45) is 5.10 Å². The highest BCUT2D eigenvalue weighted by Gasteiger charge is 2.10. The van der Waals surface area contributed by atoms with Gasteiger partial charge in [-0.1, -0.05) is 12.1 Å². The van der Waals surface area contributed by atoms with Crippen LogP contribution in [0.3, 0.4) is 0 Å². The van der Waals surface area contributed by atoms with Crippen molar-refractivity contribution in [3.63, 3.8) is 0 Å². The first-order valence-corrected chi connectivity index (χ1v) is 7.46. The van der Waals surface area contributed by atoms with Crippen molar-refractivity contribution in [3.05, 3.63) is 58.3 Å². The number of pyridine rings is 1. The number of carbonyl (C=O) groups excluding carboxylic acids is 1. The maximum atomic E-state index is 11.4. The van der Waals surface area contributed by atoms with E-state index in [1.807, 2.05) is 13.0 Å². The predicted octanol–water partition coefficient (Wildman–Crippen LogP) is 2.64. The Balaban J connectivity index is 2.16. The summed E-state index contributed by atoms with van der Waals surface area (Å²) in [6.07, 6.45) is 1.57. The van der Waals surface area contributed by atoms with E-state index in [9.17, 15) is 10.1 Å². The summed E-state index contributed by atoms with van der Waals surface area (Å²) in [5, 5.41) is 13.5. The van der Waals surface area contributed by atoms with Crippen molar-refractivity contribution in [1.82, 2.24) is 4.98 Å². The summed E-state index contributed by atoms with van der Waals surface area (Å²) in [6, 6.07) is 10.7. The molecule has 0 bridgehead atoms. The predicted molar refractivity (Wildman–Crippen MR) is 93.4 cm³/mol. The summed E-state index contributed by atoms with van der Waals surface area (Å²) in [5.74, 6) is -0.0214. The van der Waals surface area contributed by atoms with Crippen LogP contribution in [0.1, 0.15) is 32.7 Å². The number of methoxy groups -OCH3 is 2. The van der Waals surface area contributed by atoms with Gasteiger partial charge in [0.25, 0.3) is 0 Å². The van der Waals surface area contributed by atoms with Crippen LogP contribution in [0, 0.1) is 18.3 Å². The fraction of sp³-hybridized carbons (Fsp3) is 0.222. The number of nitrogens with zero attached hydrogens (tertiary/aromatic N) is 3. The van der Waals surface area contributed by atoms with Crippen LogP contribution in [-0.4, -0.2) is 31.4 Å². The van der Waals surface area contributed by atoms with Gasteiger partial charge >= 0.3 is 5.97 Å². The number of nitriles is 1. The Labute approximate surface area is 145 Å². The molecule has 128 valence electrons. The molecule has 0 aliphatic heterocycles. The largest absolute Gasteiger partial charge is 0.465 e. The molecule has 0 unspecified atom stereocenters. The number of ether oxygens (including phenoxy) is 2. The fourth-order valence-electron chi connectivity index (χ4n) is 2.21. The van der Waals surface area contributed by atoms with Crippen LogP contribution in [0.15, 0.2) is 35.4 Å². The number of anilines is 1. The molecule has 1 N–H and O–H groups in total. The molecule has 0 amide bonds. The molecule has 1 aromatic carbocycles. The molecule has 2 aromatic rings. The van der Waals surface area contributed by atoms with Gasteiger partial charge in [0.1, 0.15) is 11.6 Å². The summed E-state index contributed by atoms with van der Waals surface area (Å²) in [4.78, 5) is 15.7. The van der Waals surface area contributed by atoms with Crippen LogP contribution in [0.5, 0.6) is 0 Å². The minimum absolute atomic E-state index is 0.319. The first-order chi connectivity index (χ1) is 12.1. The lowest BCUT2D eigenvalue weighted by atomic mass is 10.1. The smallest absolute Gasteiger partial charge is 0.337 e. The van der Waals surface area contributed by atoms with Crippen LogP contribution in [0.4, 0.5) is 5.82 Å². The quantitative estimate of drug-likeness (QED) is 0.494. The van der Waals surface area contributed by atoms with Gasteiger partial charge in [0.2, 0.25) is 0 Å². The standard InChI is InChI=1S/C18H18N4O3/c1-12-8-15(11-24-2)16(9-19)17(21-12)22-20-10-13-4-6-14(7-5-13)18(23)25-3/h4-8,10H,11H2,1-3H3,(H,21,22)/b20-10-. The fourth-order valence-corrected chi connectivity index (χ4v) is 2.21. The van der Waals surface area contributed by atoms with Crippen molar-refractivity contribution in [1.29, 1.82) is 5.26 Å². The maximum absolute atomic E-state index is 11.4. The van der Waals surface area contributed by atoms with Crippen LogP contribution in [0.25, 0.3) is 0 Å². The number of aryl methyl sites for hydroxylation is 1. The Bertz CT molecular complexity index is 823. The molecule has 1 heterocycles. The van der Waals surface area contributed by atoms with E-state index < -0.39 is 5.97 Å². The average molecular weight is 338 g/mol. The third kappa shape index (κ3) is 4.62. The van der Waals surface area contributed by atoms with Crippen LogP contribution < -0.4 is 5.43 Å². The molecular weight excluding hydrogens is 320 g/mol. The molecule has 0 saturated carbocycles. The molecule has 0 aliphatic carbocycles.